The van der Waals surface area contributed by atoms with Crippen LogP contribution in [0.15, 0.2) is 88.4 Å². The van der Waals surface area contributed by atoms with Gasteiger partial charge in [0, 0.05) is 78.7 Å². The van der Waals surface area contributed by atoms with E-state index in [9.17, 15) is 59.4 Å². The summed E-state index contributed by atoms with van der Waals surface area (Å²) >= 11 is 1.41. The summed E-state index contributed by atoms with van der Waals surface area (Å²) in [5, 5.41) is 48.2. The zero-order valence-corrected chi connectivity index (χ0v) is 38.9. The first kappa shape index (κ1) is 50.4. The highest BCUT2D eigenvalue weighted by molar-refractivity contribution is 8.03. The van der Waals surface area contributed by atoms with Crippen molar-refractivity contribution >= 4 is 64.8 Å². The van der Waals surface area contributed by atoms with Gasteiger partial charge < -0.3 is 29.1 Å². The summed E-state index contributed by atoms with van der Waals surface area (Å²) < 4.78 is 16.2. The Morgan fingerprint density at radius 2 is 1.29 bits per heavy atom. The van der Waals surface area contributed by atoms with Crippen molar-refractivity contribution in [2.75, 3.05) is 33.2 Å². The number of likely N-dealkylation sites (N-methyl/N-ethyl adjacent to an activating group) is 1. The number of rotatable bonds is 16. The summed E-state index contributed by atoms with van der Waals surface area (Å²) in [7, 11) is 1.83. The number of amides is 4. The van der Waals surface area contributed by atoms with Crippen LogP contribution in [-0.4, -0.2) is 127 Å². The monoisotopic (exact) mass is 987 g/mol. The number of carbonyl (C=O) groups is 5. The van der Waals surface area contributed by atoms with Gasteiger partial charge in [-0.05, 0) is 85.8 Å². The molecule has 3 aromatic carbocycles. The number of esters is 1. The third-order valence-electron chi connectivity index (χ3n) is 12.5. The first-order chi connectivity index (χ1) is 33.4. The fourth-order valence-corrected chi connectivity index (χ4v) is 10.4. The van der Waals surface area contributed by atoms with Gasteiger partial charge in [-0.2, -0.15) is 0 Å². The van der Waals surface area contributed by atoms with Crippen LogP contribution in [0.1, 0.15) is 43.4 Å². The van der Waals surface area contributed by atoms with Crippen LogP contribution in [0.4, 0.5) is 26.7 Å². The number of aliphatic imine (C=N–C) groups is 1. The molecule has 3 N–H and O–H groups in total. The lowest BCUT2D eigenvalue weighted by Gasteiger charge is -2.46. The third-order valence-corrected chi connectivity index (χ3v) is 14.0. The lowest BCUT2D eigenvalue weighted by Crippen LogP contribution is -2.63. The number of alkyl carbamates (subject to hydrolysis) is 2. The number of benzene rings is 3. The molecule has 4 aliphatic rings. The quantitative estimate of drug-likeness (QED) is 0.0341. The molecule has 4 heterocycles. The molecule has 3 aromatic rings. The smallest absolute Gasteiger partial charge is 0.414 e. The molecule has 0 aromatic heterocycles. The van der Waals surface area contributed by atoms with Crippen molar-refractivity contribution in [3.63, 3.8) is 0 Å². The Morgan fingerprint density at radius 3 is 1.76 bits per heavy atom. The van der Waals surface area contributed by atoms with Crippen LogP contribution >= 0.6 is 11.8 Å². The van der Waals surface area contributed by atoms with Gasteiger partial charge in [-0.3, -0.25) is 60.5 Å². The molecular weight excluding hydrogens is 939 g/mol. The number of guanidine groups is 1. The molecule has 370 valence electrons. The SMILES string of the molecule is C[C@@H](O)[C@H]1C(=O)N2C(C(=O)OCc3ccc([N+](=O)[O-])cc3)=C(S[C@H]3C[C@@H](C(=O)N4CC[C@H](CN=C(NC(=O)OCc5ccc([N+](=O)[O-])cc5)NC(=O)OCc5ccc([N+](=O)[O-])cc5)C4)N(C)C3)[C@H](C)[C@H]12. The Hall–Kier alpha value is -7.51. The van der Waals surface area contributed by atoms with Crippen LogP contribution in [-0.2, 0) is 48.4 Å². The number of thioether (sulfide) groups is 1. The maximum absolute atomic E-state index is 14.1. The fourth-order valence-electron chi connectivity index (χ4n) is 8.82. The summed E-state index contributed by atoms with van der Waals surface area (Å²) in [5.41, 5.74) is 1.08. The van der Waals surface area contributed by atoms with Crippen LogP contribution < -0.4 is 10.6 Å². The number of carbonyl (C=O) groups excluding carboxylic acids is 5. The number of fused-ring (bicyclic) bond motifs is 1. The third kappa shape index (κ3) is 11.7. The lowest BCUT2D eigenvalue weighted by atomic mass is 9.79. The molecule has 3 fully saturated rings. The minimum atomic E-state index is -1.01. The Bertz CT molecular complexity index is 2520. The molecule has 3 saturated heterocycles. The van der Waals surface area contributed by atoms with Crippen LogP contribution in [0.25, 0.3) is 0 Å². The van der Waals surface area contributed by atoms with Crippen LogP contribution in [0.2, 0.25) is 0 Å². The van der Waals surface area contributed by atoms with Crippen molar-refractivity contribution in [3.8, 4) is 0 Å². The normalized spacial score (nSPS) is 22.1. The predicted molar refractivity (Wildman–Crippen MR) is 247 cm³/mol. The minimum Gasteiger partial charge on any atom is -0.456 e. The highest BCUT2D eigenvalue weighted by atomic mass is 32.2. The molecule has 70 heavy (non-hydrogen) atoms. The number of ether oxygens (including phenoxy) is 3. The van der Waals surface area contributed by atoms with Crippen LogP contribution in [0.5, 0.6) is 0 Å². The number of nitrogens with zero attached hydrogens (tertiary/aromatic N) is 7. The number of likely N-dealkylation sites (tertiary alicyclic amines) is 2. The highest BCUT2D eigenvalue weighted by Crippen LogP contribution is 2.52. The zero-order chi connectivity index (χ0) is 50.4. The Labute approximate surface area is 403 Å². The van der Waals surface area contributed by atoms with E-state index in [-0.39, 0.29) is 78.1 Å². The number of nitrogens with one attached hydrogen (secondary N) is 2. The van der Waals surface area contributed by atoms with Gasteiger partial charge in [-0.25, -0.2) is 14.4 Å². The summed E-state index contributed by atoms with van der Waals surface area (Å²) in [5.74, 6) is -2.82. The average molecular weight is 988 g/mol. The number of β-lactam (4-membered cyclic amide) rings is 1. The van der Waals surface area contributed by atoms with E-state index in [1.54, 1.807) is 4.90 Å². The second-order valence-electron chi connectivity index (χ2n) is 17.3. The molecule has 0 aliphatic carbocycles. The van der Waals surface area contributed by atoms with Gasteiger partial charge in [0.1, 0.15) is 25.5 Å². The van der Waals surface area contributed by atoms with E-state index in [1.807, 2.05) is 18.9 Å². The molecule has 25 heteroatoms. The van der Waals surface area contributed by atoms with Crippen LogP contribution in [0, 0.1) is 48.1 Å². The predicted octanol–water partition coefficient (Wildman–Crippen LogP) is 4.39. The number of nitro benzene ring substituents is 3. The van der Waals surface area contributed by atoms with Crippen molar-refractivity contribution in [3.05, 3.63) is 130 Å². The molecule has 0 radical (unpaired) electrons. The molecule has 0 bridgehead atoms. The first-order valence-electron chi connectivity index (χ1n) is 22.1. The minimum absolute atomic E-state index is 0.0578. The summed E-state index contributed by atoms with van der Waals surface area (Å²) in [4.78, 5) is 109. The Morgan fingerprint density at radius 1 is 0.800 bits per heavy atom. The van der Waals surface area contributed by atoms with Gasteiger partial charge in [0.2, 0.25) is 17.8 Å². The van der Waals surface area contributed by atoms with Gasteiger partial charge in [0.15, 0.2) is 0 Å². The lowest BCUT2D eigenvalue weighted by molar-refractivity contribution is -0.385. The second-order valence-corrected chi connectivity index (χ2v) is 18.6. The molecule has 4 amide bonds. The number of nitro groups is 3. The molecular formula is C45H49N9O15S. The fraction of sp³-hybridized carbons (Fsp3) is 0.422. The van der Waals surface area contributed by atoms with Crippen molar-refractivity contribution in [1.82, 2.24) is 25.3 Å². The summed E-state index contributed by atoms with van der Waals surface area (Å²) in [6.45, 7) is 3.92. The number of aliphatic hydroxyl groups is 1. The molecule has 0 unspecified atom stereocenters. The Balaban J connectivity index is 0.973. The average Bonchev–Trinajstić information content (AvgIpc) is 4.03. The van der Waals surface area contributed by atoms with E-state index in [4.69, 9.17) is 14.2 Å². The van der Waals surface area contributed by atoms with E-state index in [0.717, 1.165) is 0 Å². The summed E-state index contributed by atoms with van der Waals surface area (Å²) in [6.07, 6.45) is -2.03. The van der Waals surface area contributed by atoms with Gasteiger partial charge in [-0.15, -0.1) is 11.8 Å². The van der Waals surface area contributed by atoms with Crippen molar-refractivity contribution in [2.45, 2.75) is 69.9 Å². The van der Waals surface area contributed by atoms with Gasteiger partial charge in [0.05, 0.1) is 38.9 Å². The maximum atomic E-state index is 14.1. The standard InChI is InChI=1S/C45H49N9O15S/c1-25-37-36(26(2)55)41(57)51(37)38(42(58)67-22-27-4-10-31(11-5-27)52(61)62)39(25)70-34-18-35(49(3)21-34)40(56)50-17-16-30(20-50)19-46-43(47-44(59)68-23-28-6-12-32(13-7-28)53(63)64)48-45(60)69-24-29-8-14-33(15-9-29)54(65)66/h4-15,25-26,30,34-37,55H,16-24H2,1-3H3,(H2,46,47,48,59,60)/t25-,26-,30-,34+,35+,36-,37-/m1/s1. The molecule has 24 nitrogen and oxygen atoms in total. The summed E-state index contributed by atoms with van der Waals surface area (Å²) in [6, 6.07) is 15.2. The molecule has 0 saturated carbocycles. The molecule has 7 rings (SSSR count). The molecule has 0 spiro atoms. The number of hydrogen-bond acceptors (Lipinski definition) is 18. The largest absolute Gasteiger partial charge is 0.456 e. The maximum Gasteiger partial charge on any atom is 0.414 e. The van der Waals surface area contributed by atoms with E-state index in [0.29, 0.717) is 54.1 Å². The van der Waals surface area contributed by atoms with E-state index in [2.05, 4.69) is 15.6 Å². The highest BCUT2D eigenvalue weighted by Gasteiger charge is 2.60. The topological polar surface area (TPSA) is 309 Å². The van der Waals surface area contributed by atoms with Crippen LogP contribution in [0.3, 0.4) is 0 Å². The van der Waals surface area contributed by atoms with Gasteiger partial charge in [0.25, 0.3) is 17.1 Å². The van der Waals surface area contributed by atoms with E-state index >= 15 is 0 Å². The van der Waals surface area contributed by atoms with Gasteiger partial charge >= 0.3 is 18.2 Å². The van der Waals surface area contributed by atoms with Crippen molar-refractivity contribution in [1.29, 1.82) is 0 Å². The Kier molecular flexibility index (Phi) is 15.7. The zero-order valence-electron chi connectivity index (χ0n) is 38.0. The molecule has 7 atom stereocenters. The number of hydrogen-bond donors (Lipinski definition) is 3. The van der Waals surface area contributed by atoms with E-state index in [1.165, 1.54) is 96.4 Å². The van der Waals surface area contributed by atoms with E-state index < -0.39 is 62.9 Å². The first-order valence-corrected chi connectivity index (χ1v) is 23.0. The van der Waals surface area contributed by atoms with Crippen molar-refractivity contribution < 1.29 is 58.1 Å². The molecule has 4 aliphatic heterocycles. The van der Waals surface area contributed by atoms with Crippen molar-refractivity contribution in [2.24, 2.45) is 22.7 Å². The second kappa shape index (κ2) is 21.8. The number of non-ortho nitro benzene ring substituents is 3. The number of aliphatic hydroxyl groups excluding tert-OH is 1. The van der Waals surface area contributed by atoms with Gasteiger partial charge in [-0.1, -0.05) is 6.92 Å².